The Morgan fingerprint density at radius 3 is 2.49 bits per heavy atom. The molecule has 3 heterocycles. The third-order valence-corrected chi connectivity index (χ3v) is 9.42. The van der Waals surface area contributed by atoms with Gasteiger partial charge in [-0.1, -0.05) is 74.3 Å². The monoisotopic (exact) mass is 623 g/mol. The Hall–Kier alpha value is -3.46. The Morgan fingerprint density at radius 1 is 1.09 bits per heavy atom. The molecule has 0 aromatic heterocycles. The number of anilines is 1. The van der Waals surface area contributed by atoms with Crippen LogP contribution in [0.1, 0.15) is 60.2 Å². The van der Waals surface area contributed by atoms with Crippen LogP contribution in [0.15, 0.2) is 60.7 Å². The number of carbonyl (C=O) groups is 3. The molecule has 10 heteroatoms. The van der Waals surface area contributed by atoms with Crippen LogP contribution in [0, 0.1) is 17.2 Å². The molecule has 3 aliphatic rings. The highest BCUT2D eigenvalue weighted by Gasteiger charge is 2.69. The number of nitrogens with zero attached hydrogens (tertiary/aromatic N) is 2. The number of likely N-dealkylation sites (tertiary alicyclic amines) is 2. The highest BCUT2D eigenvalue weighted by molar-refractivity contribution is 6.31. The van der Waals surface area contributed by atoms with Crippen LogP contribution in [0.25, 0.3) is 0 Å². The lowest BCUT2D eigenvalue weighted by Crippen LogP contribution is -2.55. The zero-order valence-corrected chi connectivity index (χ0v) is 25.5. The van der Waals surface area contributed by atoms with Crippen molar-refractivity contribution in [1.29, 1.82) is 0 Å². The van der Waals surface area contributed by atoms with E-state index in [-0.39, 0.29) is 46.0 Å². The molecule has 2 fully saturated rings. The van der Waals surface area contributed by atoms with Crippen molar-refractivity contribution >= 4 is 46.7 Å². The van der Waals surface area contributed by atoms with E-state index in [1.54, 1.807) is 41.3 Å². The molecule has 3 aliphatic heterocycles. The van der Waals surface area contributed by atoms with Gasteiger partial charge in [0.2, 0.25) is 11.8 Å². The molecule has 1 spiro atoms. The molecule has 6 rings (SSSR count). The number of carboxylic acids is 1. The number of hydrogen-bond acceptors (Lipinski definition) is 4. The molecule has 2 saturated heterocycles. The maximum atomic E-state index is 16.1. The highest BCUT2D eigenvalue weighted by atomic mass is 35.5. The topological polar surface area (TPSA) is 90.0 Å². The van der Waals surface area contributed by atoms with E-state index in [0.29, 0.717) is 35.8 Å². The van der Waals surface area contributed by atoms with E-state index in [9.17, 15) is 19.5 Å². The van der Waals surface area contributed by atoms with Crippen LogP contribution < -0.4 is 5.32 Å². The maximum absolute atomic E-state index is 16.1. The summed E-state index contributed by atoms with van der Waals surface area (Å²) in [5.74, 6) is -3.82. The van der Waals surface area contributed by atoms with Crippen molar-refractivity contribution < 1.29 is 23.9 Å². The molecular formula is C33H32Cl2FN3O4. The van der Waals surface area contributed by atoms with Crippen molar-refractivity contribution in [1.82, 2.24) is 9.80 Å². The van der Waals surface area contributed by atoms with E-state index < -0.39 is 29.2 Å². The van der Waals surface area contributed by atoms with Gasteiger partial charge in [-0.2, -0.15) is 0 Å². The molecular weight excluding hydrogens is 592 g/mol. The van der Waals surface area contributed by atoms with Crippen LogP contribution in [0.2, 0.25) is 10.0 Å². The normalized spacial score (nSPS) is 25.2. The summed E-state index contributed by atoms with van der Waals surface area (Å²) in [6.07, 6.45) is 0.566. The largest absolute Gasteiger partial charge is 0.478 e. The van der Waals surface area contributed by atoms with Gasteiger partial charge in [-0.05, 0) is 53.3 Å². The fourth-order valence-electron chi connectivity index (χ4n) is 7.32. The predicted octanol–water partition coefficient (Wildman–Crippen LogP) is 6.54. The maximum Gasteiger partial charge on any atom is 0.335 e. The van der Waals surface area contributed by atoms with Crippen molar-refractivity contribution in [2.24, 2.45) is 11.3 Å². The first-order valence-corrected chi connectivity index (χ1v) is 15.0. The molecule has 0 unspecified atom stereocenters. The Bertz CT molecular complexity index is 1640. The second kappa shape index (κ2) is 10.6. The van der Waals surface area contributed by atoms with E-state index in [0.717, 1.165) is 5.56 Å². The lowest BCUT2D eigenvalue weighted by molar-refractivity contribution is -0.141. The molecule has 0 saturated carbocycles. The fourth-order valence-corrected chi connectivity index (χ4v) is 7.67. The number of piperidine rings is 1. The number of rotatable bonds is 5. The van der Waals surface area contributed by atoms with E-state index in [1.807, 2.05) is 6.07 Å². The van der Waals surface area contributed by atoms with Crippen LogP contribution in [-0.2, 0) is 21.7 Å². The van der Waals surface area contributed by atoms with Crippen LogP contribution in [0.5, 0.6) is 0 Å². The van der Waals surface area contributed by atoms with Gasteiger partial charge in [-0.15, -0.1) is 0 Å². The van der Waals surface area contributed by atoms with Crippen LogP contribution in [-0.4, -0.2) is 51.8 Å². The first-order chi connectivity index (χ1) is 20.3. The van der Waals surface area contributed by atoms with Gasteiger partial charge < -0.3 is 15.3 Å². The number of carboxylic acid groups (broad SMARTS) is 1. The van der Waals surface area contributed by atoms with Gasteiger partial charge >= 0.3 is 5.97 Å². The summed E-state index contributed by atoms with van der Waals surface area (Å²) in [5.41, 5.74) is 0.715. The summed E-state index contributed by atoms with van der Waals surface area (Å²) in [6.45, 7) is 7.41. The third-order valence-electron chi connectivity index (χ3n) is 8.89. The van der Waals surface area contributed by atoms with E-state index in [4.69, 9.17) is 23.2 Å². The second-order valence-corrected chi connectivity index (χ2v) is 13.7. The molecule has 4 atom stereocenters. The number of fused-ring (bicyclic) bond motifs is 3. The summed E-state index contributed by atoms with van der Waals surface area (Å²) in [4.78, 5) is 44.2. The number of aromatic carboxylic acids is 1. The number of halogens is 3. The Kier molecular flexibility index (Phi) is 7.31. The second-order valence-electron chi connectivity index (χ2n) is 12.9. The Balaban J connectivity index is 1.53. The molecule has 2 N–H and O–H groups in total. The van der Waals surface area contributed by atoms with E-state index in [1.165, 1.54) is 18.2 Å². The summed E-state index contributed by atoms with van der Waals surface area (Å²) in [6, 6.07) is 16.0. The van der Waals surface area contributed by atoms with Gasteiger partial charge in [-0.3, -0.25) is 14.5 Å². The van der Waals surface area contributed by atoms with Crippen molar-refractivity contribution in [3.63, 3.8) is 0 Å². The molecule has 3 aromatic carbocycles. The highest BCUT2D eigenvalue weighted by Crippen LogP contribution is 2.62. The van der Waals surface area contributed by atoms with Crippen molar-refractivity contribution in [3.8, 4) is 0 Å². The minimum Gasteiger partial charge on any atom is -0.478 e. The average molecular weight is 625 g/mol. The SMILES string of the molecule is CC(C)(C)CN1[C@@H]2CCN(Cc3ccc(C(=O)O)cc3)C(=O)[C@H]2[C@H](c2cccc(Cl)c2F)[C@]12C(=O)Nc1cc(Cl)ccc12. The summed E-state index contributed by atoms with van der Waals surface area (Å²) in [7, 11) is 0. The first kappa shape index (κ1) is 29.6. The summed E-state index contributed by atoms with van der Waals surface area (Å²) < 4.78 is 16.1. The molecule has 0 radical (unpaired) electrons. The third kappa shape index (κ3) is 4.80. The summed E-state index contributed by atoms with van der Waals surface area (Å²) in [5, 5.41) is 12.7. The fraction of sp³-hybridized carbons (Fsp3) is 0.364. The average Bonchev–Trinajstić information content (AvgIpc) is 3.38. The van der Waals surface area contributed by atoms with Gasteiger partial charge in [0, 0.05) is 47.9 Å². The molecule has 3 aromatic rings. The Morgan fingerprint density at radius 2 is 1.81 bits per heavy atom. The van der Waals surface area contributed by atoms with Gasteiger partial charge in [0.25, 0.3) is 0 Å². The quantitative estimate of drug-likeness (QED) is 0.337. The van der Waals surface area contributed by atoms with E-state index in [2.05, 4.69) is 31.0 Å². The molecule has 224 valence electrons. The lowest BCUT2D eigenvalue weighted by Gasteiger charge is -2.43. The molecule has 7 nitrogen and oxygen atoms in total. The van der Waals surface area contributed by atoms with Crippen LogP contribution in [0.3, 0.4) is 0 Å². The molecule has 2 amide bonds. The molecule has 0 bridgehead atoms. The molecule has 43 heavy (non-hydrogen) atoms. The van der Waals surface area contributed by atoms with Crippen molar-refractivity contribution in [3.05, 3.63) is 98.8 Å². The first-order valence-electron chi connectivity index (χ1n) is 14.3. The van der Waals surface area contributed by atoms with Crippen molar-refractivity contribution in [2.45, 2.75) is 51.2 Å². The van der Waals surface area contributed by atoms with Crippen LogP contribution >= 0.6 is 23.2 Å². The minimum absolute atomic E-state index is 0.0770. The lowest BCUT2D eigenvalue weighted by atomic mass is 9.70. The predicted molar refractivity (Wildman–Crippen MR) is 163 cm³/mol. The van der Waals surface area contributed by atoms with Crippen molar-refractivity contribution in [2.75, 3.05) is 18.4 Å². The van der Waals surface area contributed by atoms with Gasteiger partial charge in [0.15, 0.2) is 0 Å². The van der Waals surface area contributed by atoms with E-state index >= 15 is 4.39 Å². The minimum atomic E-state index is -1.39. The number of amides is 2. The smallest absolute Gasteiger partial charge is 0.335 e. The number of carbonyl (C=O) groups excluding carboxylic acids is 2. The Labute approximate surface area is 259 Å². The van der Waals surface area contributed by atoms with Crippen LogP contribution in [0.4, 0.5) is 10.1 Å². The number of nitrogens with one attached hydrogen (secondary N) is 1. The van der Waals surface area contributed by atoms with Gasteiger partial charge in [0.1, 0.15) is 11.4 Å². The standard InChI is InChI=1S/C33H32Cl2FN3O4/c1-32(2,3)17-39-25-13-14-38(16-18-7-9-19(10-8-18)30(41)42)29(40)26(25)27(21-5-4-6-23(35)28(21)36)33(39)22-12-11-20(34)15-24(22)37-31(33)43/h4-12,15,25-27H,13-14,16-17H2,1-3H3,(H,37,43)(H,41,42)/t25-,26-,27+,33-/m1/s1. The zero-order chi connectivity index (χ0) is 30.8. The van der Waals surface area contributed by atoms with Gasteiger partial charge in [-0.25, -0.2) is 9.18 Å². The number of benzene rings is 3. The summed E-state index contributed by atoms with van der Waals surface area (Å²) >= 11 is 12.7. The molecule has 0 aliphatic carbocycles. The number of hydrogen-bond donors (Lipinski definition) is 2. The zero-order valence-electron chi connectivity index (χ0n) is 24.0. The van der Waals surface area contributed by atoms with Gasteiger partial charge in [0.05, 0.1) is 16.5 Å².